The third-order valence-electron chi connectivity index (χ3n) is 3.31. The van der Waals surface area contributed by atoms with Gasteiger partial charge in [-0.1, -0.05) is 30.3 Å². The molecule has 1 aliphatic heterocycles. The van der Waals surface area contributed by atoms with E-state index in [-0.39, 0.29) is 6.79 Å². The maximum absolute atomic E-state index is 9.70. The number of ether oxygens (including phenoxy) is 2. The van der Waals surface area contributed by atoms with Crippen molar-refractivity contribution in [1.29, 1.82) is 5.26 Å². The minimum absolute atomic E-state index is 0.213. The van der Waals surface area contributed by atoms with Crippen LogP contribution in [0.2, 0.25) is 0 Å². The zero-order chi connectivity index (χ0) is 15.5. The highest BCUT2D eigenvalue weighted by Crippen LogP contribution is 2.42. The predicted molar refractivity (Wildman–Crippen MR) is 92.6 cm³/mol. The van der Waals surface area contributed by atoms with E-state index in [9.17, 15) is 5.26 Å². The van der Waals surface area contributed by atoms with Gasteiger partial charge in [-0.05, 0) is 39.9 Å². The molecule has 0 aliphatic carbocycles. The molecule has 5 heteroatoms. The highest BCUT2D eigenvalue weighted by Gasteiger charge is 2.20. The largest absolute Gasteiger partial charge is 0.454 e. The number of hydrogen-bond donors (Lipinski definition) is 0. The van der Waals surface area contributed by atoms with E-state index in [1.807, 2.05) is 48.7 Å². The van der Waals surface area contributed by atoms with Gasteiger partial charge in [0, 0.05) is 14.9 Å². The summed E-state index contributed by atoms with van der Waals surface area (Å²) in [5.74, 6) is 1.36. The van der Waals surface area contributed by atoms with Crippen LogP contribution in [0, 0.1) is 11.3 Å². The van der Waals surface area contributed by atoms with Crippen LogP contribution in [0.3, 0.4) is 0 Å². The van der Waals surface area contributed by atoms with Crippen LogP contribution in [0.25, 0.3) is 10.5 Å². The molecule has 0 saturated carbocycles. The predicted octanol–water partition coefficient (Wildman–Crippen LogP) is 4.93. The lowest BCUT2D eigenvalue weighted by Gasteiger charge is -2.11. The van der Waals surface area contributed by atoms with Crippen molar-refractivity contribution >= 4 is 38.2 Å². The van der Waals surface area contributed by atoms with Gasteiger partial charge in [-0.25, -0.2) is 0 Å². The normalized spacial score (nSPS) is 13.5. The fourth-order valence-electron chi connectivity index (χ4n) is 2.30. The Labute approximate surface area is 141 Å². The van der Waals surface area contributed by atoms with Gasteiger partial charge in [-0.3, -0.25) is 0 Å². The van der Waals surface area contributed by atoms with Crippen molar-refractivity contribution in [2.75, 3.05) is 13.0 Å². The number of thioether (sulfide) groups is 1. The molecule has 0 spiro atoms. The quantitative estimate of drug-likeness (QED) is 0.564. The van der Waals surface area contributed by atoms with Crippen LogP contribution in [-0.4, -0.2) is 13.0 Å². The Balaban J connectivity index is 2.19. The Kier molecular flexibility index (Phi) is 4.41. The first-order chi connectivity index (χ1) is 10.7. The summed E-state index contributed by atoms with van der Waals surface area (Å²) in [6.45, 7) is 0.213. The van der Waals surface area contributed by atoms with Gasteiger partial charge in [0.05, 0.1) is 5.57 Å². The van der Waals surface area contributed by atoms with Crippen molar-refractivity contribution in [2.45, 2.75) is 0 Å². The molecule has 2 aromatic carbocycles. The van der Waals surface area contributed by atoms with Crippen molar-refractivity contribution in [3.63, 3.8) is 0 Å². The second-order valence-corrected chi connectivity index (χ2v) is 6.24. The number of fused-ring (bicyclic) bond motifs is 1. The molecule has 1 heterocycles. The molecule has 110 valence electrons. The van der Waals surface area contributed by atoms with E-state index in [4.69, 9.17) is 9.47 Å². The Morgan fingerprint density at radius 3 is 2.50 bits per heavy atom. The third-order valence-corrected chi connectivity index (χ3v) is 4.81. The molecule has 3 rings (SSSR count). The van der Waals surface area contributed by atoms with Gasteiger partial charge in [0.1, 0.15) is 6.07 Å². The number of nitrogens with zero attached hydrogens (tertiary/aromatic N) is 1. The van der Waals surface area contributed by atoms with Gasteiger partial charge < -0.3 is 9.47 Å². The number of halogens is 1. The Hall–Kier alpha value is -1.90. The summed E-state index contributed by atoms with van der Waals surface area (Å²) in [6.07, 6.45) is 1.97. The monoisotopic (exact) mass is 373 g/mol. The fraction of sp³-hybridized carbons (Fsp3) is 0.118. The molecule has 2 aromatic rings. The Morgan fingerprint density at radius 2 is 1.86 bits per heavy atom. The average Bonchev–Trinajstić information content (AvgIpc) is 3.00. The first-order valence-corrected chi connectivity index (χ1v) is 8.59. The van der Waals surface area contributed by atoms with E-state index in [0.717, 1.165) is 20.5 Å². The van der Waals surface area contributed by atoms with E-state index >= 15 is 0 Å². The van der Waals surface area contributed by atoms with Crippen LogP contribution >= 0.6 is 27.7 Å². The lowest BCUT2D eigenvalue weighted by molar-refractivity contribution is 0.174. The highest BCUT2D eigenvalue weighted by atomic mass is 79.9. The summed E-state index contributed by atoms with van der Waals surface area (Å²) in [5.41, 5.74) is 2.44. The van der Waals surface area contributed by atoms with E-state index < -0.39 is 0 Å². The third kappa shape index (κ3) is 2.72. The average molecular weight is 374 g/mol. The van der Waals surface area contributed by atoms with E-state index in [1.165, 1.54) is 0 Å². The molecule has 0 bridgehead atoms. The maximum atomic E-state index is 9.70. The molecular weight excluding hydrogens is 362 g/mol. The first-order valence-electron chi connectivity index (χ1n) is 6.58. The number of hydrogen-bond acceptors (Lipinski definition) is 4. The summed E-state index contributed by atoms with van der Waals surface area (Å²) in [5, 5.41) is 9.70. The minimum Gasteiger partial charge on any atom is -0.454 e. The lowest BCUT2D eigenvalue weighted by atomic mass is 10.0. The van der Waals surface area contributed by atoms with Crippen molar-refractivity contribution < 1.29 is 9.47 Å². The lowest BCUT2D eigenvalue weighted by Crippen LogP contribution is -1.93. The summed E-state index contributed by atoms with van der Waals surface area (Å²) < 4.78 is 11.6. The summed E-state index contributed by atoms with van der Waals surface area (Å²) in [7, 11) is 0. The smallest absolute Gasteiger partial charge is 0.231 e. The molecule has 0 N–H and O–H groups in total. The fourth-order valence-corrected chi connectivity index (χ4v) is 3.55. The molecule has 22 heavy (non-hydrogen) atoms. The van der Waals surface area contributed by atoms with Gasteiger partial charge in [0.15, 0.2) is 11.5 Å². The van der Waals surface area contributed by atoms with Crippen molar-refractivity contribution in [3.8, 4) is 17.6 Å². The SMILES string of the molecule is CS/C(=C(/C#N)c1cc2c(cc1Br)OCO2)c1ccccc1. The summed E-state index contributed by atoms with van der Waals surface area (Å²) >= 11 is 5.09. The van der Waals surface area contributed by atoms with Gasteiger partial charge >= 0.3 is 0 Å². The molecule has 1 aliphatic rings. The molecule has 0 atom stereocenters. The molecule has 0 saturated heterocycles. The van der Waals surface area contributed by atoms with Gasteiger partial charge in [-0.15, -0.1) is 11.8 Å². The maximum Gasteiger partial charge on any atom is 0.231 e. The zero-order valence-corrected chi connectivity index (χ0v) is 14.2. The van der Waals surface area contributed by atoms with Crippen LogP contribution in [0.4, 0.5) is 0 Å². The summed E-state index contributed by atoms with van der Waals surface area (Å²) in [6, 6.07) is 15.9. The first kappa shape index (κ1) is 15.0. The highest BCUT2D eigenvalue weighted by molar-refractivity contribution is 9.10. The topological polar surface area (TPSA) is 42.2 Å². The van der Waals surface area contributed by atoms with E-state index in [2.05, 4.69) is 22.0 Å². The Morgan fingerprint density at radius 1 is 1.18 bits per heavy atom. The van der Waals surface area contributed by atoms with Gasteiger partial charge in [0.25, 0.3) is 0 Å². The Bertz CT molecular complexity index is 781. The second kappa shape index (κ2) is 6.47. The van der Waals surface area contributed by atoms with Crippen molar-refractivity contribution in [1.82, 2.24) is 0 Å². The molecule has 0 unspecified atom stereocenters. The number of allylic oxidation sites excluding steroid dienone is 1. The van der Waals surface area contributed by atoms with E-state index in [1.54, 1.807) is 11.8 Å². The van der Waals surface area contributed by atoms with Crippen molar-refractivity contribution in [3.05, 3.63) is 58.1 Å². The minimum atomic E-state index is 0.213. The van der Waals surface area contributed by atoms with E-state index in [0.29, 0.717) is 17.1 Å². The van der Waals surface area contributed by atoms with Crippen LogP contribution in [-0.2, 0) is 0 Å². The van der Waals surface area contributed by atoms with Crippen molar-refractivity contribution in [2.24, 2.45) is 0 Å². The van der Waals surface area contributed by atoms with Crippen LogP contribution in [0.1, 0.15) is 11.1 Å². The molecule has 0 amide bonds. The molecule has 3 nitrogen and oxygen atoms in total. The standard InChI is InChI=1S/C17H12BrNO2S/c1-22-17(11-5-3-2-4-6-11)13(9-19)12-7-15-16(8-14(12)18)21-10-20-15/h2-8H,10H2,1H3/b17-13-. The van der Waals surface area contributed by atoms with Gasteiger partial charge in [0.2, 0.25) is 6.79 Å². The van der Waals surface area contributed by atoms with Crippen LogP contribution in [0.15, 0.2) is 46.9 Å². The molecule has 0 fully saturated rings. The number of benzene rings is 2. The van der Waals surface area contributed by atoms with Crippen LogP contribution < -0.4 is 9.47 Å². The second-order valence-electron chi connectivity index (χ2n) is 4.57. The zero-order valence-electron chi connectivity index (χ0n) is 11.8. The summed E-state index contributed by atoms with van der Waals surface area (Å²) in [4.78, 5) is 0.933. The molecular formula is C17H12BrNO2S. The van der Waals surface area contributed by atoms with Gasteiger partial charge in [-0.2, -0.15) is 5.26 Å². The number of nitriles is 1. The number of rotatable bonds is 3. The molecule has 0 aromatic heterocycles. The van der Waals surface area contributed by atoms with Crippen LogP contribution in [0.5, 0.6) is 11.5 Å². The molecule has 0 radical (unpaired) electrons.